The molecule has 1 rings (SSSR count). The second kappa shape index (κ2) is 10.9. The van der Waals surface area contributed by atoms with Crippen molar-refractivity contribution < 1.29 is 8.78 Å². The number of hydrogen-bond acceptors (Lipinski definition) is 2. The van der Waals surface area contributed by atoms with Crippen molar-refractivity contribution in [3.63, 3.8) is 0 Å². The fraction of sp³-hybridized carbons (Fsp3) is 0.588. The molecule has 4 nitrogen and oxygen atoms in total. The van der Waals surface area contributed by atoms with Gasteiger partial charge in [0.15, 0.2) is 5.96 Å². The lowest BCUT2D eigenvalue weighted by molar-refractivity contribution is 0.300. The molecule has 0 amide bonds. The zero-order valence-electron chi connectivity index (χ0n) is 14.3. The maximum Gasteiger partial charge on any atom is 0.191 e. The van der Waals surface area contributed by atoms with Crippen molar-refractivity contribution in [2.24, 2.45) is 4.99 Å². The predicted octanol–water partition coefficient (Wildman–Crippen LogP) is 2.75. The molecule has 2 N–H and O–H groups in total. The molecule has 23 heavy (non-hydrogen) atoms. The molecule has 0 fully saturated rings. The molecule has 1 aromatic rings. The highest BCUT2D eigenvalue weighted by Gasteiger charge is 2.04. The van der Waals surface area contributed by atoms with E-state index in [1.54, 1.807) is 0 Å². The van der Waals surface area contributed by atoms with E-state index in [1.807, 2.05) is 6.92 Å². The lowest BCUT2D eigenvalue weighted by Crippen LogP contribution is -2.38. The first-order valence-electron chi connectivity index (χ1n) is 8.29. The molecule has 0 spiro atoms. The molecule has 0 radical (unpaired) electrons. The summed E-state index contributed by atoms with van der Waals surface area (Å²) in [5, 5.41) is 6.34. The second-order valence-corrected chi connectivity index (χ2v) is 5.24. The minimum atomic E-state index is -0.450. The maximum absolute atomic E-state index is 13.6. The van der Waals surface area contributed by atoms with E-state index >= 15 is 0 Å². The number of nitrogens with one attached hydrogen (secondary N) is 2. The zero-order chi connectivity index (χ0) is 17.1. The van der Waals surface area contributed by atoms with Crippen molar-refractivity contribution in [3.8, 4) is 0 Å². The fourth-order valence-corrected chi connectivity index (χ4v) is 2.22. The summed E-state index contributed by atoms with van der Waals surface area (Å²) in [4.78, 5) is 6.67. The minimum absolute atomic E-state index is 0.106. The number of nitrogens with zero attached hydrogens (tertiary/aromatic N) is 2. The maximum atomic E-state index is 13.6. The van der Waals surface area contributed by atoms with Crippen LogP contribution in [-0.4, -0.2) is 43.6 Å². The van der Waals surface area contributed by atoms with E-state index in [-0.39, 0.29) is 12.1 Å². The van der Waals surface area contributed by atoms with Gasteiger partial charge >= 0.3 is 0 Å². The highest BCUT2D eigenvalue weighted by Crippen LogP contribution is 2.10. The van der Waals surface area contributed by atoms with Crippen LogP contribution in [0.25, 0.3) is 0 Å². The Morgan fingerprint density at radius 3 is 2.52 bits per heavy atom. The van der Waals surface area contributed by atoms with Crippen LogP contribution in [0, 0.1) is 11.6 Å². The summed E-state index contributed by atoms with van der Waals surface area (Å²) in [5.74, 6) is -0.267. The fourth-order valence-electron chi connectivity index (χ4n) is 2.22. The molecule has 0 heterocycles. The highest BCUT2D eigenvalue weighted by molar-refractivity contribution is 5.79. The summed E-state index contributed by atoms with van der Waals surface area (Å²) < 4.78 is 26.8. The summed E-state index contributed by atoms with van der Waals surface area (Å²) in [7, 11) is 0. The van der Waals surface area contributed by atoms with Crippen LogP contribution in [0.2, 0.25) is 0 Å². The van der Waals surface area contributed by atoms with Crippen LogP contribution >= 0.6 is 0 Å². The molecule has 0 aromatic heterocycles. The van der Waals surface area contributed by atoms with Gasteiger partial charge in [-0.05, 0) is 51.2 Å². The molecule has 0 unspecified atom stereocenters. The first-order chi connectivity index (χ1) is 11.1. The topological polar surface area (TPSA) is 39.7 Å². The molecule has 0 aliphatic heterocycles. The first-order valence-corrected chi connectivity index (χ1v) is 8.29. The quantitative estimate of drug-likeness (QED) is 0.416. The molecular weight excluding hydrogens is 298 g/mol. The average molecular weight is 326 g/mol. The molecule has 0 saturated carbocycles. The Hall–Kier alpha value is -1.69. The Morgan fingerprint density at radius 1 is 1.13 bits per heavy atom. The van der Waals surface area contributed by atoms with Crippen molar-refractivity contribution in [2.75, 3.05) is 32.7 Å². The summed E-state index contributed by atoms with van der Waals surface area (Å²) in [6.45, 7) is 11.0. The number of aliphatic imine (C=N–C) groups is 1. The number of hydrogen-bond donors (Lipinski definition) is 2. The normalized spacial score (nSPS) is 11.8. The molecule has 0 bridgehead atoms. The number of halogens is 2. The van der Waals surface area contributed by atoms with Gasteiger partial charge in [0.25, 0.3) is 0 Å². The molecule has 0 aliphatic rings. The van der Waals surface area contributed by atoms with Gasteiger partial charge in [0.05, 0.1) is 6.54 Å². The Balaban J connectivity index is 2.51. The van der Waals surface area contributed by atoms with Gasteiger partial charge in [0, 0.05) is 18.7 Å². The van der Waals surface area contributed by atoms with Crippen LogP contribution in [-0.2, 0) is 6.54 Å². The highest BCUT2D eigenvalue weighted by atomic mass is 19.1. The lowest BCUT2D eigenvalue weighted by Gasteiger charge is -2.18. The lowest BCUT2D eigenvalue weighted by atomic mass is 10.2. The Bertz CT molecular complexity index is 487. The van der Waals surface area contributed by atoms with Crippen LogP contribution in [0.4, 0.5) is 8.78 Å². The molecule has 0 atom stereocenters. The molecule has 0 aliphatic carbocycles. The molecule has 0 saturated heterocycles. The van der Waals surface area contributed by atoms with Gasteiger partial charge < -0.3 is 15.5 Å². The number of benzene rings is 1. The van der Waals surface area contributed by atoms with Crippen molar-refractivity contribution in [2.45, 2.75) is 33.7 Å². The van der Waals surface area contributed by atoms with Gasteiger partial charge in [-0.25, -0.2) is 13.8 Å². The summed E-state index contributed by atoms with van der Waals surface area (Å²) >= 11 is 0. The average Bonchev–Trinajstić information content (AvgIpc) is 2.55. The van der Waals surface area contributed by atoms with Gasteiger partial charge in [0.1, 0.15) is 11.6 Å². The van der Waals surface area contributed by atoms with Crippen molar-refractivity contribution >= 4 is 5.96 Å². The summed E-state index contributed by atoms with van der Waals surface area (Å²) in [6.07, 6.45) is 1.00. The van der Waals surface area contributed by atoms with Crippen molar-refractivity contribution in [1.29, 1.82) is 0 Å². The van der Waals surface area contributed by atoms with Gasteiger partial charge in [-0.3, -0.25) is 0 Å². The van der Waals surface area contributed by atoms with Crippen LogP contribution in [0.5, 0.6) is 0 Å². The Morgan fingerprint density at radius 2 is 1.87 bits per heavy atom. The van der Waals surface area contributed by atoms with E-state index in [2.05, 4.69) is 34.4 Å². The third kappa shape index (κ3) is 7.41. The standard InChI is InChI=1S/C17H28F2N4/c1-4-20-17(21-10-7-11-23(5-2)6-3)22-13-14-12-15(18)8-9-16(14)19/h8-9,12H,4-7,10-11,13H2,1-3H3,(H2,20,21,22). The number of rotatable bonds is 9. The van der Waals surface area contributed by atoms with Crippen molar-refractivity contribution in [1.82, 2.24) is 15.5 Å². The molecular formula is C17H28F2N4. The Labute approximate surface area is 138 Å². The third-order valence-electron chi connectivity index (χ3n) is 3.60. The second-order valence-electron chi connectivity index (χ2n) is 5.24. The zero-order valence-corrected chi connectivity index (χ0v) is 14.3. The van der Waals surface area contributed by atoms with Gasteiger partial charge in [-0.15, -0.1) is 0 Å². The predicted molar refractivity (Wildman–Crippen MR) is 91.6 cm³/mol. The SMILES string of the molecule is CCNC(=NCc1cc(F)ccc1F)NCCCN(CC)CC. The van der Waals surface area contributed by atoms with E-state index in [1.165, 1.54) is 6.07 Å². The summed E-state index contributed by atoms with van der Waals surface area (Å²) in [5.41, 5.74) is 0.255. The van der Waals surface area contributed by atoms with Gasteiger partial charge in [-0.1, -0.05) is 13.8 Å². The van der Waals surface area contributed by atoms with E-state index in [0.29, 0.717) is 12.5 Å². The van der Waals surface area contributed by atoms with Crippen molar-refractivity contribution in [3.05, 3.63) is 35.4 Å². The minimum Gasteiger partial charge on any atom is -0.357 e. The van der Waals surface area contributed by atoms with Crippen LogP contribution in [0.1, 0.15) is 32.8 Å². The van der Waals surface area contributed by atoms with E-state index in [4.69, 9.17) is 0 Å². The Kier molecular flexibility index (Phi) is 9.21. The molecule has 130 valence electrons. The van der Waals surface area contributed by atoms with Crippen LogP contribution < -0.4 is 10.6 Å². The van der Waals surface area contributed by atoms with E-state index in [0.717, 1.165) is 44.7 Å². The number of guanidine groups is 1. The van der Waals surface area contributed by atoms with Crippen LogP contribution in [0.3, 0.4) is 0 Å². The van der Waals surface area contributed by atoms with E-state index in [9.17, 15) is 8.78 Å². The summed E-state index contributed by atoms with van der Waals surface area (Å²) in [6, 6.07) is 3.42. The van der Waals surface area contributed by atoms with Crippen LogP contribution in [0.15, 0.2) is 23.2 Å². The third-order valence-corrected chi connectivity index (χ3v) is 3.60. The largest absolute Gasteiger partial charge is 0.357 e. The van der Waals surface area contributed by atoms with E-state index < -0.39 is 11.6 Å². The first kappa shape index (κ1) is 19.4. The molecule has 1 aromatic carbocycles. The molecule has 6 heteroatoms. The monoisotopic (exact) mass is 326 g/mol. The van der Waals surface area contributed by atoms with Gasteiger partial charge in [-0.2, -0.15) is 0 Å². The smallest absolute Gasteiger partial charge is 0.191 e. The van der Waals surface area contributed by atoms with Gasteiger partial charge in [0.2, 0.25) is 0 Å².